The molecule has 0 saturated carbocycles. The zero-order valence-electron chi connectivity index (χ0n) is 19.0. The van der Waals surface area contributed by atoms with Crippen molar-refractivity contribution in [1.82, 2.24) is 19.8 Å². The van der Waals surface area contributed by atoms with Crippen LogP contribution in [0.1, 0.15) is 12.6 Å². The average Bonchev–Trinajstić information content (AvgIpc) is 2.80. The van der Waals surface area contributed by atoms with Crippen molar-refractivity contribution in [3.05, 3.63) is 41.8 Å². The highest BCUT2D eigenvalue weighted by Gasteiger charge is 2.28. The van der Waals surface area contributed by atoms with E-state index in [1.807, 2.05) is 13.0 Å². The molecule has 2 aliphatic rings. The summed E-state index contributed by atoms with van der Waals surface area (Å²) in [7, 11) is 2.14. The molecule has 3 heterocycles. The third-order valence-corrected chi connectivity index (χ3v) is 6.02. The number of rotatable bonds is 5. The van der Waals surface area contributed by atoms with Crippen LogP contribution in [-0.2, 0) is 4.79 Å². The molecule has 32 heavy (non-hydrogen) atoms. The van der Waals surface area contributed by atoms with Gasteiger partial charge in [0.25, 0.3) is 5.91 Å². The molecule has 1 atom stereocenters. The summed E-state index contributed by atoms with van der Waals surface area (Å²) in [4.78, 5) is 30.8. The Kier molecular flexibility index (Phi) is 6.74. The van der Waals surface area contributed by atoms with Gasteiger partial charge in [-0.05, 0) is 33.0 Å². The van der Waals surface area contributed by atoms with Gasteiger partial charge in [0, 0.05) is 64.1 Å². The number of amides is 1. The maximum absolute atomic E-state index is 13.8. The highest BCUT2D eigenvalue weighted by Crippen LogP contribution is 2.21. The lowest BCUT2D eigenvalue weighted by atomic mass is 10.2. The van der Waals surface area contributed by atoms with Crippen LogP contribution in [0.4, 0.5) is 16.2 Å². The van der Waals surface area contributed by atoms with Crippen molar-refractivity contribution in [2.24, 2.45) is 0 Å². The van der Waals surface area contributed by atoms with E-state index in [0.717, 1.165) is 37.7 Å². The molecule has 0 bridgehead atoms. The highest BCUT2D eigenvalue weighted by molar-refractivity contribution is 5.81. The fourth-order valence-corrected chi connectivity index (χ4v) is 4.04. The third-order valence-electron chi connectivity index (χ3n) is 6.02. The lowest BCUT2D eigenvalue weighted by Gasteiger charge is -2.37. The average molecular weight is 443 g/mol. The number of para-hydroxylation sites is 1. The summed E-state index contributed by atoms with van der Waals surface area (Å²) >= 11 is 0. The first-order chi connectivity index (χ1) is 15.4. The van der Waals surface area contributed by atoms with Crippen LogP contribution in [0.15, 0.2) is 30.3 Å². The molecule has 0 spiro atoms. The number of ether oxygens (including phenoxy) is 1. The monoisotopic (exact) mass is 442 g/mol. The standard InChI is InChI=1S/C23H31FN6O2/c1-17-16-21(28-10-8-27(3)9-11-28)26-23(25-17)30-14-12-29(13-15-30)22(31)18(2)32-20-7-5-4-6-19(20)24/h4-7,16,18H,8-15H2,1-3H3. The summed E-state index contributed by atoms with van der Waals surface area (Å²) in [5.41, 5.74) is 0.939. The molecule has 1 aromatic heterocycles. The predicted octanol–water partition coefficient (Wildman–Crippen LogP) is 1.79. The SMILES string of the molecule is Cc1cc(N2CCN(C)CC2)nc(N2CCN(C(=O)C(C)Oc3ccccc3F)CC2)n1. The number of hydrogen-bond acceptors (Lipinski definition) is 7. The van der Waals surface area contributed by atoms with Gasteiger partial charge in [0.15, 0.2) is 17.7 Å². The van der Waals surface area contributed by atoms with Crippen molar-refractivity contribution in [3.63, 3.8) is 0 Å². The Morgan fingerprint density at radius 2 is 1.66 bits per heavy atom. The molecule has 1 aromatic carbocycles. The molecule has 2 aliphatic heterocycles. The third kappa shape index (κ3) is 5.09. The fraction of sp³-hybridized carbons (Fsp3) is 0.522. The van der Waals surface area contributed by atoms with Crippen LogP contribution >= 0.6 is 0 Å². The maximum Gasteiger partial charge on any atom is 0.263 e. The first-order valence-corrected chi connectivity index (χ1v) is 11.1. The van der Waals surface area contributed by atoms with Crippen LogP contribution in [0.2, 0.25) is 0 Å². The van der Waals surface area contributed by atoms with Crippen LogP contribution in [0, 0.1) is 12.7 Å². The van der Waals surface area contributed by atoms with Crippen molar-refractivity contribution < 1.29 is 13.9 Å². The summed E-state index contributed by atoms with van der Waals surface area (Å²) in [5.74, 6) is 1.16. The van der Waals surface area contributed by atoms with E-state index in [4.69, 9.17) is 9.72 Å². The second-order valence-corrected chi connectivity index (χ2v) is 8.46. The van der Waals surface area contributed by atoms with Crippen LogP contribution in [0.5, 0.6) is 5.75 Å². The lowest BCUT2D eigenvalue weighted by Crippen LogP contribution is -2.52. The second-order valence-electron chi connectivity index (χ2n) is 8.46. The van der Waals surface area contributed by atoms with E-state index < -0.39 is 11.9 Å². The van der Waals surface area contributed by atoms with Gasteiger partial charge in [0.2, 0.25) is 5.95 Å². The number of carbonyl (C=O) groups excluding carboxylic acids is 1. The lowest BCUT2D eigenvalue weighted by molar-refractivity contribution is -0.138. The molecule has 0 aliphatic carbocycles. The summed E-state index contributed by atoms with van der Waals surface area (Å²) in [6.07, 6.45) is -0.752. The molecule has 0 radical (unpaired) electrons. The van der Waals surface area contributed by atoms with Gasteiger partial charge in [-0.3, -0.25) is 4.79 Å². The summed E-state index contributed by atoms with van der Waals surface area (Å²) in [5, 5.41) is 0. The quantitative estimate of drug-likeness (QED) is 0.700. The molecule has 2 saturated heterocycles. The normalized spacial score (nSPS) is 18.6. The molecular formula is C23H31FN6O2. The Bertz CT molecular complexity index is 942. The van der Waals surface area contributed by atoms with Crippen LogP contribution in [0.25, 0.3) is 0 Å². The first-order valence-electron chi connectivity index (χ1n) is 11.1. The van der Waals surface area contributed by atoms with E-state index in [2.05, 4.69) is 26.7 Å². The topological polar surface area (TPSA) is 65.0 Å². The Balaban J connectivity index is 1.36. The van der Waals surface area contributed by atoms with E-state index in [0.29, 0.717) is 32.1 Å². The zero-order chi connectivity index (χ0) is 22.7. The smallest absolute Gasteiger partial charge is 0.263 e. The molecule has 2 fully saturated rings. The minimum absolute atomic E-state index is 0.0941. The van der Waals surface area contributed by atoms with Gasteiger partial charge in [-0.25, -0.2) is 9.37 Å². The van der Waals surface area contributed by atoms with E-state index in [-0.39, 0.29) is 11.7 Å². The molecule has 0 N–H and O–H groups in total. The van der Waals surface area contributed by atoms with E-state index in [1.165, 1.54) is 12.1 Å². The molecule has 9 heteroatoms. The minimum Gasteiger partial charge on any atom is -0.478 e. The Morgan fingerprint density at radius 3 is 2.34 bits per heavy atom. The summed E-state index contributed by atoms with van der Waals surface area (Å²) < 4.78 is 19.4. The summed E-state index contributed by atoms with van der Waals surface area (Å²) in [6.45, 7) is 9.98. The van der Waals surface area contributed by atoms with Crippen molar-refractivity contribution >= 4 is 17.7 Å². The van der Waals surface area contributed by atoms with Crippen molar-refractivity contribution in [3.8, 4) is 5.75 Å². The molecule has 4 rings (SSSR count). The number of likely N-dealkylation sites (N-methyl/N-ethyl adjacent to an activating group) is 1. The van der Waals surface area contributed by atoms with Crippen molar-refractivity contribution in [1.29, 1.82) is 0 Å². The van der Waals surface area contributed by atoms with E-state index in [1.54, 1.807) is 24.0 Å². The van der Waals surface area contributed by atoms with Gasteiger partial charge >= 0.3 is 0 Å². The van der Waals surface area contributed by atoms with Gasteiger partial charge in [-0.1, -0.05) is 12.1 Å². The van der Waals surface area contributed by atoms with Crippen molar-refractivity contribution in [2.75, 3.05) is 69.2 Å². The first kappa shape index (κ1) is 22.3. The van der Waals surface area contributed by atoms with Gasteiger partial charge in [0.05, 0.1) is 0 Å². The molecule has 8 nitrogen and oxygen atoms in total. The number of piperazine rings is 2. The zero-order valence-corrected chi connectivity index (χ0v) is 19.0. The molecule has 2 aromatic rings. The number of carbonyl (C=O) groups is 1. The minimum atomic E-state index is -0.752. The van der Waals surface area contributed by atoms with Crippen LogP contribution in [-0.4, -0.2) is 91.2 Å². The van der Waals surface area contributed by atoms with Gasteiger partial charge in [-0.15, -0.1) is 0 Å². The maximum atomic E-state index is 13.8. The molecular weight excluding hydrogens is 411 g/mol. The van der Waals surface area contributed by atoms with E-state index >= 15 is 0 Å². The number of halogens is 1. The number of benzene rings is 1. The molecule has 1 amide bonds. The second kappa shape index (κ2) is 9.68. The number of aromatic nitrogens is 2. The van der Waals surface area contributed by atoms with Crippen LogP contribution < -0.4 is 14.5 Å². The number of nitrogens with zero attached hydrogens (tertiary/aromatic N) is 6. The van der Waals surface area contributed by atoms with Gasteiger partial charge < -0.3 is 24.3 Å². The number of aryl methyl sites for hydroxylation is 1. The molecule has 172 valence electrons. The number of hydrogen-bond donors (Lipinski definition) is 0. The Morgan fingerprint density at radius 1 is 1.00 bits per heavy atom. The number of anilines is 2. The Hall–Kier alpha value is -2.94. The summed E-state index contributed by atoms with van der Waals surface area (Å²) in [6, 6.07) is 8.17. The predicted molar refractivity (Wildman–Crippen MR) is 122 cm³/mol. The molecule has 1 unspecified atom stereocenters. The van der Waals surface area contributed by atoms with Crippen LogP contribution in [0.3, 0.4) is 0 Å². The fourth-order valence-electron chi connectivity index (χ4n) is 4.04. The highest BCUT2D eigenvalue weighted by atomic mass is 19.1. The van der Waals surface area contributed by atoms with Gasteiger partial charge in [0.1, 0.15) is 5.82 Å². The van der Waals surface area contributed by atoms with Crippen molar-refractivity contribution in [2.45, 2.75) is 20.0 Å². The Labute approximate surface area is 188 Å². The largest absolute Gasteiger partial charge is 0.478 e. The van der Waals surface area contributed by atoms with E-state index in [9.17, 15) is 9.18 Å². The van der Waals surface area contributed by atoms with Gasteiger partial charge in [-0.2, -0.15) is 4.98 Å².